The fourth-order valence-electron chi connectivity index (χ4n) is 2.40. The van der Waals surface area contributed by atoms with Gasteiger partial charge in [-0.2, -0.15) is 0 Å². The van der Waals surface area contributed by atoms with Crippen molar-refractivity contribution in [3.63, 3.8) is 0 Å². The third-order valence-electron chi connectivity index (χ3n) is 3.44. The molecule has 0 aliphatic carbocycles. The summed E-state index contributed by atoms with van der Waals surface area (Å²) in [7, 11) is 0. The Labute approximate surface area is 104 Å². The normalized spacial score (nSPS) is 22.9. The number of cyclic esters (lactones) is 1. The molecular weight excluding hydrogens is 236 g/mol. The summed E-state index contributed by atoms with van der Waals surface area (Å²) in [6, 6.07) is -0.0190. The second kappa shape index (κ2) is 4.01. The quantitative estimate of drug-likeness (QED) is 0.760. The van der Waals surface area contributed by atoms with Gasteiger partial charge < -0.3 is 14.6 Å². The van der Waals surface area contributed by atoms with Gasteiger partial charge in [-0.15, -0.1) is 0 Å². The monoisotopic (exact) mass is 250 g/mol. The lowest BCUT2D eigenvalue weighted by Gasteiger charge is -2.35. The minimum atomic E-state index is -0.275. The van der Waals surface area contributed by atoms with Crippen molar-refractivity contribution in [3.05, 3.63) is 17.7 Å². The summed E-state index contributed by atoms with van der Waals surface area (Å²) in [5, 5.41) is 0. The summed E-state index contributed by atoms with van der Waals surface area (Å²) in [4.78, 5) is 33.9. The van der Waals surface area contributed by atoms with Crippen LogP contribution in [-0.2, 0) is 4.74 Å². The number of H-pyrrole nitrogens is 1. The Bertz CT molecular complexity index is 498. The van der Waals surface area contributed by atoms with Crippen molar-refractivity contribution >= 4 is 12.0 Å². The second-order valence-electron chi connectivity index (χ2n) is 4.55. The number of carbonyl (C=O) groups is 2. The van der Waals surface area contributed by atoms with Crippen LogP contribution in [0.15, 0.2) is 6.33 Å². The van der Waals surface area contributed by atoms with Crippen LogP contribution in [0.1, 0.15) is 16.2 Å². The number of aromatic amines is 1. The molecule has 1 aromatic heterocycles. The molecule has 2 amide bonds. The van der Waals surface area contributed by atoms with Crippen LogP contribution in [0.3, 0.4) is 0 Å². The highest BCUT2D eigenvalue weighted by Gasteiger charge is 2.39. The van der Waals surface area contributed by atoms with Gasteiger partial charge in [0.25, 0.3) is 5.91 Å². The van der Waals surface area contributed by atoms with Crippen LogP contribution in [0.2, 0.25) is 0 Å². The van der Waals surface area contributed by atoms with Gasteiger partial charge in [-0.1, -0.05) is 0 Å². The number of ether oxygens (including phenoxy) is 1. The number of aryl methyl sites for hydroxylation is 1. The first-order chi connectivity index (χ1) is 8.66. The zero-order chi connectivity index (χ0) is 12.7. The number of rotatable bonds is 1. The van der Waals surface area contributed by atoms with E-state index in [0.29, 0.717) is 31.9 Å². The van der Waals surface area contributed by atoms with Gasteiger partial charge >= 0.3 is 6.09 Å². The van der Waals surface area contributed by atoms with Gasteiger partial charge in [-0.05, 0) is 6.92 Å². The molecule has 3 rings (SSSR count). The number of carbonyl (C=O) groups excluding carboxylic acids is 2. The van der Waals surface area contributed by atoms with Crippen molar-refractivity contribution in [2.45, 2.75) is 13.0 Å². The van der Waals surface area contributed by atoms with E-state index in [9.17, 15) is 9.59 Å². The van der Waals surface area contributed by atoms with E-state index in [2.05, 4.69) is 9.97 Å². The Morgan fingerprint density at radius 3 is 3.11 bits per heavy atom. The maximum atomic E-state index is 12.3. The Morgan fingerprint density at radius 1 is 1.56 bits per heavy atom. The highest BCUT2D eigenvalue weighted by atomic mass is 16.6. The van der Waals surface area contributed by atoms with Gasteiger partial charge in [-0.25, -0.2) is 9.78 Å². The fourth-order valence-corrected chi connectivity index (χ4v) is 2.40. The smallest absolute Gasteiger partial charge is 0.410 e. The molecule has 2 aliphatic rings. The highest BCUT2D eigenvalue weighted by Crippen LogP contribution is 2.19. The predicted molar refractivity (Wildman–Crippen MR) is 61.1 cm³/mol. The SMILES string of the molecule is Cc1[nH]cnc1C(=O)N1CCN2C(=O)OCC2C1. The number of nitrogens with one attached hydrogen (secondary N) is 1. The first kappa shape index (κ1) is 11.1. The molecule has 2 saturated heterocycles. The molecule has 0 radical (unpaired) electrons. The van der Waals surface area contributed by atoms with E-state index in [1.807, 2.05) is 6.92 Å². The van der Waals surface area contributed by atoms with Crippen LogP contribution in [0.25, 0.3) is 0 Å². The summed E-state index contributed by atoms with van der Waals surface area (Å²) in [6.07, 6.45) is 1.24. The maximum Gasteiger partial charge on any atom is 0.410 e. The molecule has 7 heteroatoms. The number of piperazine rings is 1. The zero-order valence-electron chi connectivity index (χ0n) is 10.0. The predicted octanol–water partition coefficient (Wildman–Crippen LogP) is -0.00528. The van der Waals surface area contributed by atoms with Crippen LogP contribution in [-0.4, -0.2) is 64.1 Å². The lowest BCUT2D eigenvalue weighted by atomic mass is 10.2. The van der Waals surface area contributed by atoms with Gasteiger partial charge in [0.15, 0.2) is 0 Å². The van der Waals surface area contributed by atoms with Gasteiger partial charge in [0.05, 0.1) is 12.4 Å². The molecular formula is C11H14N4O3. The second-order valence-corrected chi connectivity index (χ2v) is 4.55. The van der Waals surface area contributed by atoms with Gasteiger partial charge in [-0.3, -0.25) is 9.69 Å². The topological polar surface area (TPSA) is 78.5 Å². The van der Waals surface area contributed by atoms with E-state index >= 15 is 0 Å². The number of fused-ring (bicyclic) bond motifs is 1. The number of nitrogens with zero attached hydrogens (tertiary/aromatic N) is 3. The molecule has 1 atom stereocenters. The van der Waals surface area contributed by atoms with Crippen molar-refractivity contribution < 1.29 is 14.3 Å². The van der Waals surface area contributed by atoms with Crippen LogP contribution < -0.4 is 0 Å². The van der Waals surface area contributed by atoms with E-state index in [0.717, 1.165) is 5.69 Å². The molecule has 0 saturated carbocycles. The Balaban J connectivity index is 1.74. The van der Waals surface area contributed by atoms with Crippen molar-refractivity contribution in [2.75, 3.05) is 26.2 Å². The van der Waals surface area contributed by atoms with E-state index in [-0.39, 0.29) is 18.0 Å². The van der Waals surface area contributed by atoms with Gasteiger partial charge in [0.2, 0.25) is 0 Å². The minimum absolute atomic E-state index is 0.0190. The first-order valence-corrected chi connectivity index (χ1v) is 5.89. The minimum Gasteiger partial charge on any atom is -0.447 e. The summed E-state index contributed by atoms with van der Waals surface area (Å²) in [5.74, 6) is -0.0900. The van der Waals surface area contributed by atoms with Crippen LogP contribution >= 0.6 is 0 Å². The Hall–Kier alpha value is -2.05. The number of amides is 2. The fraction of sp³-hybridized carbons (Fsp3) is 0.545. The average molecular weight is 250 g/mol. The van der Waals surface area contributed by atoms with Crippen molar-refractivity contribution in [3.8, 4) is 0 Å². The molecule has 2 fully saturated rings. The Kier molecular flexibility index (Phi) is 2.46. The van der Waals surface area contributed by atoms with Crippen LogP contribution in [0.4, 0.5) is 4.79 Å². The summed E-state index contributed by atoms with van der Waals surface area (Å²) < 4.78 is 4.97. The largest absolute Gasteiger partial charge is 0.447 e. The lowest BCUT2D eigenvalue weighted by Crippen LogP contribution is -2.53. The molecule has 1 aromatic rings. The Morgan fingerprint density at radius 2 is 2.39 bits per heavy atom. The lowest BCUT2D eigenvalue weighted by molar-refractivity contribution is 0.0611. The summed E-state index contributed by atoms with van der Waals surface area (Å²) in [6.45, 7) is 3.74. The third kappa shape index (κ3) is 1.62. The molecule has 1 N–H and O–H groups in total. The van der Waals surface area contributed by atoms with Crippen molar-refractivity contribution in [1.82, 2.24) is 19.8 Å². The van der Waals surface area contributed by atoms with E-state index < -0.39 is 0 Å². The molecule has 0 bridgehead atoms. The van der Waals surface area contributed by atoms with E-state index in [1.54, 1.807) is 9.80 Å². The number of hydrogen-bond acceptors (Lipinski definition) is 4. The van der Waals surface area contributed by atoms with Gasteiger partial charge in [0, 0.05) is 25.3 Å². The van der Waals surface area contributed by atoms with Gasteiger partial charge in [0.1, 0.15) is 12.3 Å². The molecule has 0 aromatic carbocycles. The number of hydrogen-bond donors (Lipinski definition) is 1. The zero-order valence-corrected chi connectivity index (χ0v) is 10.0. The first-order valence-electron chi connectivity index (χ1n) is 5.89. The summed E-state index contributed by atoms with van der Waals surface area (Å²) >= 11 is 0. The maximum absolute atomic E-state index is 12.3. The molecule has 7 nitrogen and oxygen atoms in total. The average Bonchev–Trinajstić information content (AvgIpc) is 2.95. The standard InChI is InChI=1S/C11H14N4O3/c1-7-9(13-6-12-7)10(16)14-2-3-15-8(4-14)5-18-11(15)17/h6,8H,2-5H2,1H3,(H,12,13). The number of imidazole rings is 1. The third-order valence-corrected chi connectivity index (χ3v) is 3.44. The highest BCUT2D eigenvalue weighted by molar-refractivity contribution is 5.93. The molecule has 1 unspecified atom stereocenters. The van der Waals surface area contributed by atoms with Crippen LogP contribution in [0, 0.1) is 6.92 Å². The van der Waals surface area contributed by atoms with E-state index in [1.165, 1.54) is 6.33 Å². The molecule has 18 heavy (non-hydrogen) atoms. The summed E-state index contributed by atoms with van der Waals surface area (Å²) in [5.41, 5.74) is 1.22. The number of aromatic nitrogens is 2. The molecule has 96 valence electrons. The molecule has 3 heterocycles. The van der Waals surface area contributed by atoms with Crippen molar-refractivity contribution in [2.24, 2.45) is 0 Å². The van der Waals surface area contributed by atoms with Crippen LogP contribution in [0.5, 0.6) is 0 Å². The molecule has 2 aliphatic heterocycles. The van der Waals surface area contributed by atoms with E-state index in [4.69, 9.17) is 4.74 Å². The molecule has 0 spiro atoms. The van der Waals surface area contributed by atoms with Crippen molar-refractivity contribution in [1.29, 1.82) is 0 Å².